The fraction of sp³-hybridized carbons (Fsp3) is 0.190. The lowest BCUT2D eigenvalue weighted by molar-refractivity contribution is 0.414. The van der Waals surface area contributed by atoms with Crippen molar-refractivity contribution in [1.29, 1.82) is 0 Å². The Morgan fingerprint density at radius 3 is 2.81 bits per heavy atom. The molecule has 6 nitrogen and oxygen atoms in total. The molecule has 0 unspecified atom stereocenters. The van der Waals surface area contributed by atoms with Crippen molar-refractivity contribution >= 4 is 38.7 Å². The van der Waals surface area contributed by atoms with E-state index in [1.54, 1.807) is 25.3 Å². The number of para-hydroxylation sites is 2. The summed E-state index contributed by atoms with van der Waals surface area (Å²) < 4.78 is 13.2. The number of methoxy groups -OCH3 is 1. The quantitative estimate of drug-likeness (QED) is 0.454. The highest BCUT2D eigenvalue weighted by atomic mass is 16.5. The zero-order chi connectivity index (χ0) is 18.5. The van der Waals surface area contributed by atoms with E-state index in [2.05, 4.69) is 6.92 Å². The van der Waals surface area contributed by atoms with Crippen LogP contribution in [0.25, 0.3) is 38.7 Å². The molecule has 0 fully saturated rings. The molecule has 3 heterocycles. The summed E-state index contributed by atoms with van der Waals surface area (Å²) in [5, 5.41) is 0.894. The first-order valence-corrected chi connectivity index (χ1v) is 8.92. The van der Waals surface area contributed by atoms with Gasteiger partial charge in [0.1, 0.15) is 22.5 Å². The summed E-state index contributed by atoms with van der Waals surface area (Å²) in [5.74, 6) is 1.46. The van der Waals surface area contributed by atoms with Crippen molar-refractivity contribution in [2.75, 3.05) is 7.11 Å². The average molecular weight is 359 g/mol. The number of aromatic nitrogens is 3. The fourth-order valence-electron chi connectivity index (χ4n) is 3.58. The highest BCUT2D eigenvalue weighted by Gasteiger charge is 2.19. The Bertz CT molecular complexity index is 1400. The summed E-state index contributed by atoms with van der Waals surface area (Å²) in [5.41, 5.74) is 3.01. The molecule has 27 heavy (non-hydrogen) atoms. The van der Waals surface area contributed by atoms with Gasteiger partial charge in [0.25, 0.3) is 0 Å². The average Bonchev–Trinajstić information content (AvgIpc) is 3.07. The van der Waals surface area contributed by atoms with E-state index >= 15 is 0 Å². The first kappa shape index (κ1) is 15.8. The van der Waals surface area contributed by atoms with Crippen LogP contribution in [0.5, 0.6) is 5.75 Å². The van der Waals surface area contributed by atoms with Crippen molar-refractivity contribution in [2.45, 2.75) is 19.8 Å². The van der Waals surface area contributed by atoms with Gasteiger partial charge in [-0.1, -0.05) is 19.1 Å². The lowest BCUT2D eigenvalue weighted by Gasteiger charge is -2.08. The van der Waals surface area contributed by atoms with Gasteiger partial charge >= 0.3 is 0 Å². The van der Waals surface area contributed by atoms with Crippen LogP contribution in [-0.4, -0.2) is 21.5 Å². The SMILES string of the molecule is CCCc1nc2oc3cc(OC)ccc3c(=O)c2c2nc3ccccc3n12. The summed E-state index contributed by atoms with van der Waals surface area (Å²) in [6, 6.07) is 13.0. The lowest BCUT2D eigenvalue weighted by Crippen LogP contribution is -2.09. The van der Waals surface area contributed by atoms with Crippen LogP contribution in [0.3, 0.4) is 0 Å². The van der Waals surface area contributed by atoms with Crippen molar-refractivity contribution in [3.63, 3.8) is 0 Å². The predicted molar refractivity (Wildman–Crippen MR) is 105 cm³/mol. The Labute approximate surface area is 154 Å². The lowest BCUT2D eigenvalue weighted by atomic mass is 10.2. The number of benzene rings is 2. The summed E-state index contributed by atoms with van der Waals surface area (Å²) in [6.45, 7) is 2.10. The molecule has 134 valence electrons. The minimum Gasteiger partial charge on any atom is -0.497 e. The van der Waals surface area contributed by atoms with Crippen LogP contribution in [0.2, 0.25) is 0 Å². The monoisotopic (exact) mass is 359 g/mol. The second kappa shape index (κ2) is 5.81. The minimum absolute atomic E-state index is 0.134. The van der Waals surface area contributed by atoms with Crippen LogP contribution in [-0.2, 0) is 6.42 Å². The van der Waals surface area contributed by atoms with Gasteiger partial charge in [0.2, 0.25) is 11.1 Å². The Morgan fingerprint density at radius 2 is 2.00 bits per heavy atom. The van der Waals surface area contributed by atoms with E-state index in [1.807, 2.05) is 28.7 Å². The van der Waals surface area contributed by atoms with Crippen molar-refractivity contribution in [3.8, 4) is 5.75 Å². The number of fused-ring (bicyclic) bond motifs is 6. The van der Waals surface area contributed by atoms with Gasteiger partial charge in [-0.3, -0.25) is 9.20 Å². The van der Waals surface area contributed by atoms with Gasteiger partial charge in [-0.2, -0.15) is 4.98 Å². The maximum Gasteiger partial charge on any atom is 0.236 e. The van der Waals surface area contributed by atoms with E-state index in [4.69, 9.17) is 19.1 Å². The molecule has 5 rings (SSSR count). The number of hydrogen-bond donors (Lipinski definition) is 0. The topological polar surface area (TPSA) is 69.6 Å². The zero-order valence-corrected chi connectivity index (χ0v) is 15.0. The van der Waals surface area contributed by atoms with Crippen LogP contribution in [0.1, 0.15) is 19.2 Å². The molecule has 5 aromatic rings. The van der Waals surface area contributed by atoms with E-state index in [0.29, 0.717) is 33.5 Å². The number of imidazole rings is 1. The Balaban J connectivity index is 2.02. The highest BCUT2D eigenvalue weighted by Crippen LogP contribution is 2.27. The van der Waals surface area contributed by atoms with E-state index in [1.165, 1.54) is 0 Å². The van der Waals surface area contributed by atoms with Gasteiger partial charge in [0.15, 0.2) is 5.65 Å². The Morgan fingerprint density at radius 1 is 1.15 bits per heavy atom. The maximum absolute atomic E-state index is 13.3. The van der Waals surface area contributed by atoms with Crippen LogP contribution in [0.15, 0.2) is 51.7 Å². The zero-order valence-electron chi connectivity index (χ0n) is 15.0. The van der Waals surface area contributed by atoms with Crippen LogP contribution in [0.4, 0.5) is 0 Å². The van der Waals surface area contributed by atoms with E-state index < -0.39 is 0 Å². The smallest absolute Gasteiger partial charge is 0.236 e. The normalized spacial score (nSPS) is 11.8. The summed E-state index contributed by atoms with van der Waals surface area (Å²) in [7, 11) is 1.58. The first-order valence-electron chi connectivity index (χ1n) is 8.92. The van der Waals surface area contributed by atoms with Gasteiger partial charge in [-0.05, 0) is 30.7 Å². The number of rotatable bonds is 3. The second-order valence-corrected chi connectivity index (χ2v) is 6.51. The summed E-state index contributed by atoms with van der Waals surface area (Å²) in [6.07, 6.45) is 1.68. The van der Waals surface area contributed by atoms with Gasteiger partial charge in [0, 0.05) is 12.5 Å². The molecular weight excluding hydrogens is 342 g/mol. The number of nitrogens with zero attached hydrogens (tertiary/aromatic N) is 3. The third-order valence-corrected chi connectivity index (χ3v) is 4.83. The van der Waals surface area contributed by atoms with Gasteiger partial charge < -0.3 is 9.15 Å². The van der Waals surface area contributed by atoms with Crippen LogP contribution < -0.4 is 10.2 Å². The molecule has 0 bridgehead atoms. The standard InChI is InChI=1S/C21H17N3O3/c1-3-6-17-23-21-18(20-22-14-7-4-5-8-15(14)24(17)20)19(25)13-10-9-12(26-2)11-16(13)27-21/h4-5,7-11H,3,6H2,1-2H3. The van der Waals surface area contributed by atoms with Gasteiger partial charge in [0.05, 0.1) is 23.5 Å². The summed E-state index contributed by atoms with van der Waals surface area (Å²) in [4.78, 5) is 22.7. The van der Waals surface area contributed by atoms with E-state index in [0.717, 1.165) is 29.7 Å². The van der Waals surface area contributed by atoms with E-state index in [-0.39, 0.29) is 5.43 Å². The van der Waals surface area contributed by atoms with Crippen molar-refractivity contribution in [3.05, 3.63) is 58.5 Å². The highest BCUT2D eigenvalue weighted by molar-refractivity contribution is 5.99. The molecule has 0 spiro atoms. The molecule has 0 aliphatic carbocycles. The molecule has 0 saturated carbocycles. The van der Waals surface area contributed by atoms with Crippen molar-refractivity contribution in [2.24, 2.45) is 0 Å². The number of aryl methyl sites for hydroxylation is 1. The molecule has 2 aromatic carbocycles. The molecule has 0 radical (unpaired) electrons. The molecule has 0 saturated heterocycles. The third-order valence-electron chi connectivity index (χ3n) is 4.83. The molecule has 0 aliphatic heterocycles. The Hall–Kier alpha value is -3.41. The van der Waals surface area contributed by atoms with Gasteiger partial charge in [-0.15, -0.1) is 0 Å². The van der Waals surface area contributed by atoms with E-state index in [9.17, 15) is 4.79 Å². The maximum atomic E-state index is 13.3. The van der Waals surface area contributed by atoms with Crippen molar-refractivity contribution in [1.82, 2.24) is 14.4 Å². The van der Waals surface area contributed by atoms with Crippen LogP contribution in [0, 0.1) is 0 Å². The summed E-state index contributed by atoms with van der Waals surface area (Å²) >= 11 is 0. The molecule has 0 aliphatic rings. The molecular formula is C21H17N3O3. The fourth-order valence-corrected chi connectivity index (χ4v) is 3.58. The van der Waals surface area contributed by atoms with Crippen LogP contribution >= 0.6 is 0 Å². The Kier molecular flexibility index (Phi) is 3.40. The number of ether oxygens (including phenoxy) is 1. The third kappa shape index (κ3) is 2.23. The molecule has 3 aromatic heterocycles. The minimum atomic E-state index is -0.134. The molecule has 6 heteroatoms. The predicted octanol–water partition coefficient (Wildman–Crippen LogP) is 4.10. The molecule has 0 amide bonds. The molecule has 0 atom stereocenters. The second-order valence-electron chi connectivity index (χ2n) is 6.51. The number of hydrogen-bond acceptors (Lipinski definition) is 5. The van der Waals surface area contributed by atoms with Crippen molar-refractivity contribution < 1.29 is 9.15 Å². The van der Waals surface area contributed by atoms with Gasteiger partial charge in [-0.25, -0.2) is 4.98 Å². The largest absolute Gasteiger partial charge is 0.497 e. The molecule has 0 N–H and O–H groups in total. The first-order chi connectivity index (χ1) is 13.2.